The van der Waals surface area contributed by atoms with Gasteiger partial charge in [-0.25, -0.2) is 4.79 Å². The van der Waals surface area contributed by atoms with Crippen LogP contribution in [0.2, 0.25) is 0 Å². The summed E-state index contributed by atoms with van der Waals surface area (Å²) in [5.41, 5.74) is 1.27. The maximum absolute atomic E-state index is 12.4. The zero-order chi connectivity index (χ0) is 47.2. The van der Waals surface area contributed by atoms with E-state index in [0.717, 1.165) is 41.2 Å². The van der Waals surface area contributed by atoms with Crippen molar-refractivity contribution in [3.63, 3.8) is 0 Å². The number of aryl methyl sites for hydroxylation is 3. The molecule has 1 amide bonds. The van der Waals surface area contributed by atoms with Crippen molar-refractivity contribution >= 4 is 104 Å². The molecule has 26 heteroatoms. The molecule has 0 radical (unpaired) electrons. The number of aromatic hydroxyl groups is 1. The van der Waals surface area contributed by atoms with Crippen molar-refractivity contribution in [2.75, 3.05) is 5.32 Å². The molecular formula is C39H30N10O13S3. The third-order valence-electron chi connectivity index (χ3n) is 9.50. The molecule has 0 atom stereocenters. The minimum atomic E-state index is -4.95. The van der Waals surface area contributed by atoms with Crippen LogP contribution >= 0.6 is 0 Å². The van der Waals surface area contributed by atoms with Gasteiger partial charge in [-0.15, -0.1) is 25.2 Å². The first kappa shape index (κ1) is 45.3. The molecule has 6 N–H and O–H groups in total. The fourth-order valence-corrected chi connectivity index (χ4v) is 8.07. The number of rotatable bonds is 13. The Bertz CT molecular complexity index is 3610. The summed E-state index contributed by atoms with van der Waals surface area (Å²) in [5, 5.41) is 56.6. The standard InChI is InChI=1S/C39H30N10O13S3/c1-19-10-24(41-43-29-11-21(3)30(12-20(29)2)44-46-37-36(65(60,61)62)14-22-13-23(40-18-50)4-7-26(22)38(37)51)5-9-28(19)42-45-33-16-31-32(17-35(33)64(57,58)59)48-49(47-31)34-15-25(63(54,55)56)6-8-27(34)39(52)53/h4-18,51H,1-3H3,(H,40,50)(H,52,53)(H,54,55,56)(H,57,58,59)(H,60,61,62)/b43-41-,45-42-,46-44-. The van der Waals surface area contributed by atoms with Gasteiger partial charge in [0.05, 0.1) is 33.2 Å². The van der Waals surface area contributed by atoms with Gasteiger partial charge in [0.1, 0.15) is 37.9 Å². The molecule has 1 aromatic heterocycles. The summed E-state index contributed by atoms with van der Waals surface area (Å²) < 4.78 is 102. The van der Waals surface area contributed by atoms with E-state index < -0.39 is 68.0 Å². The van der Waals surface area contributed by atoms with Crippen LogP contribution in [0.15, 0.2) is 130 Å². The predicted molar refractivity (Wildman–Crippen MR) is 230 cm³/mol. The Morgan fingerprint density at radius 2 is 1.23 bits per heavy atom. The Labute approximate surface area is 366 Å². The van der Waals surface area contributed by atoms with Gasteiger partial charge in [-0.05, 0) is 128 Å². The highest BCUT2D eigenvalue weighted by Gasteiger charge is 2.24. The predicted octanol–water partition coefficient (Wildman–Crippen LogP) is 8.46. The highest BCUT2D eigenvalue weighted by Crippen LogP contribution is 2.43. The van der Waals surface area contributed by atoms with Crippen molar-refractivity contribution in [2.45, 2.75) is 35.5 Å². The Balaban J connectivity index is 1.14. The first-order valence-corrected chi connectivity index (χ1v) is 22.5. The lowest BCUT2D eigenvalue weighted by Crippen LogP contribution is -2.10. The van der Waals surface area contributed by atoms with Crippen LogP contribution in [-0.4, -0.2) is 76.5 Å². The maximum atomic E-state index is 12.4. The second-order valence-corrected chi connectivity index (χ2v) is 18.2. The first-order valence-electron chi connectivity index (χ1n) is 18.2. The van der Waals surface area contributed by atoms with E-state index in [4.69, 9.17) is 0 Å². The van der Waals surface area contributed by atoms with Gasteiger partial charge >= 0.3 is 5.97 Å². The molecule has 23 nitrogen and oxygen atoms in total. The number of amides is 1. The van der Waals surface area contributed by atoms with E-state index in [0.29, 0.717) is 40.2 Å². The lowest BCUT2D eigenvalue weighted by atomic mass is 10.1. The van der Waals surface area contributed by atoms with Crippen molar-refractivity contribution in [1.29, 1.82) is 0 Å². The third kappa shape index (κ3) is 9.61. The summed E-state index contributed by atoms with van der Waals surface area (Å²) in [7, 11) is -14.6. The van der Waals surface area contributed by atoms with E-state index in [1.807, 2.05) is 0 Å². The number of aromatic nitrogens is 3. The van der Waals surface area contributed by atoms with Gasteiger partial charge in [0, 0.05) is 11.1 Å². The molecule has 0 aliphatic heterocycles. The molecule has 0 unspecified atom stereocenters. The number of nitrogens with zero attached hydrogens (tertiary/aromatic N) is 9. The molecule has 7 rings (SSSR count). The average molecular weight is 943 g/mol. The van der Waals surface area contributed by atoms with Crippen molar-refractivity contribution in [3.8, 4) is 11.4 Å². The molecule has 0 aliphatic carbocycles. The lowest BCUT2D eigenvalue weighted by molar-refractivity contribution is -0.105. The number of carbonyl (C=O) groups is 2. The highest BCUT2D eigenvalue weighted by molar-refractivity contribution is 7.86. The Morgan fingerprint density at radius 1 is 0.631 bits per heavy atom. The third-order valence-corrected chi connectivity index (χ3v) is 12.1. The number of carboxylic acids is 1. The first-order chi connectivity index (χ1) is 30.5. The van der Waals surface area contributed by atoms with Gasteiger partial charge in [-0.2, -0.15) is 45.7 Å². The number of phenolic OH excluding ortho intramolecular Hbond substituents is 1. The monoisotopic (exact) mass is 942 g/mol. The molecule has 0 fully saturated rings. The molecule has 0 saturated carbocycles. The number of azo groups is 3. The van der Waals surface area contributed by atoms with E-state index in [-0.39, 0.29) is 44.6 Å². The number of hydrogen-bond acceptors (Lipinski definition) is 17. The molecule has 7 aromatic rings. The van der Waals surface area contributed by atoms with E-state index in [1.54, 1.807) is 39.0 Å². The Kier molecular flexibility index (Phi) is 11.9. The summed E-state index contributed by atoms with van der Waals surface area (Å²) >= 11 is 0. The van der Waals surface area contributed by atoms with Crippen LogP contribution in [0.4, 0.5) is 39.8 Å². The number of phenols is 1. The number of nitrogens with one attached hydrogen (secondary N) is 1. The quantitative estimate of drug-likeness (QED) is 0.0358. The van der Waals surface area contributed by atoms with Crippen LogP contribution < -0.4 is 5.32 Å². The van der Waals surface area contributed by atoms with Crippen molar-refractivity contribution in [1.82, 2.24) is 15.0 Å². The van der Waals surface area contributed by atoms with Gasteiger partial charge in [0.2, 0.25) is 6.41 Å². The zero-order valence-electron chi connectivity index (χ0n) is 33.4. The molecule has 0 spiro atoms. The lowest BCUT2D eigenvalue weighted by Gasteiger charge is -2.10. The van der Waals surface area contributed by atoms with Crippen LogP contribution in [-0.2, 0) is 35.1 Å². The summed E-state index contributed by atoms with van der Waals surface area (Å²) in [6.45, 7) is 5.04. The molecule has 65 heavy (non-hydrogen) atoms. The molecular weight excluding hydrogens is 913 g/mol. The second kappa shape index (κ2) is 17.1. The van der Waals surface area contributed by atoms with Gasteiger partial charge in [0.25, 0.3) is 30.4 Å². The van der Waals surface area contributed by atoms with Crippen molar-refractivity contribution in [2.24, 2.45) is 30.7 Å². The van der Waals surface area contributed by atoms with Gasteiger partial charge in [-0.1, -0.05) is 0 Å². The average Bonchev–Trinajstić information content (AvgIpc) is 3.65. The number of hydrogen-bond donors (Lipinski definition) is 6. The summed E-state index contributed by atoms with van der Waals surface area (Å²) in [6, 6.07) is 17.9. The molecule has 0 saturated heterocycles. The van der Waals surface area contributed by atoms with Gasteiger partial charge in [-0.3, -0.25) is 18.5 Å². The fraction of sp³-hybridized carbons (Fsp3) is 0.0769. The van der Waals surface area contributed by atoms with Crippen molar-refractivity contribution in [3.05, 3.63) is 107 Å². The SMILES string of the molecule is Cc1cc(/N=N\c2c(S(=O)(=O)O)cc3cc(NC=O)ccc3c2O)c(C)cc1/N=N\c1ccc(/N=N\c2cc3nn(-c4cc(S(=O)(=O)O)ccc4C(=O)O)nc3cc2S(=O)(=O)O)c(C)c1. The minimum Gasteiger partial charge on any atom is -0.505 e. The van der Waals surface area contributed by atoms with Crippen LogP contribution in [0.25, 0.3) is 27.5 Å². The molecule has 6 aromatic carbocycles. The number of carboxylic acid groups (broad SMARTS) is 1. The minimum absolute atomic E-state index is 0.0606. The summed E-state index contributed by atoms with van der Waals surface area (Å²) in [6.07, 6.45) is 0.422. The Morgan fingerprint density at radius 3 is 1.83 bits per heavy atom. The van der Waals surface area contributed by atoms with E-state index in [9.17, 15) is 58.7 Å². The molecule has 0 bridgehead atoms. The molecule has 332 valence electrons. The number of benzene rings is 6. The maximum Gasteiger partial charge on any atom is 0.337 e. The number of fused-ring (bicyclic) bond motifs is 2. The smallest absolute Gasteiger partial charge is 0.337 e. The van der Waals surface area contributed by atoms with Crippen LogP contribution in [0, 0.1) is 20.8 Å². The molecule has 1 heterocycles. The van der Waals surface area contributed by atoms with Gasteiger partial charge in [0.15, 0.2) is 5.75 Å². The fourth-order valence-electron chi connectivity index (χ4n) is 6.29. The van der Waals surface area contributed by atoms with Crippen LogP contribution in [0.3, 0.4) is 0 Å². The number of anilines is 1. The van der Waals surface area contributed by atoms with Crippen molar-refractivity contribution < 1.29 is 58.7 Å². The van der Waals surface area contributed by atoms with E-state index in [1.165, 1.54) is 30.3 Å². The topological polar surface area (TPSA) is 355 Å². The number of carbonyl (C=O) groups excluding carboxylic acids is 1. The zero-order valence-corrected chi connectivity index (χ0v) is 35.9. The highest BCUT2D eigenvalue weighted by atomic mass is 32.2. The molecule has 0 aliphatic rings. The summed E-state index contributed by atoms with van der Waals surface area (Å²) in [5.74, 6) is -2.07. The Hall–Kier alpha value is -7.75. The number of aromatic carboxylic acids is 1. The summed E-state index contributed by atoms with van der Waals surface area (Å²) in [4.78, 5) is 21.4. The normalized spacial score (nSPS) is 12.6. The largest absolute Gasteiger partial charge is 0.505 e. The van der Waals surface area contributed by atoms with E-state index >= 15 is 0 Å². The van der Waals surface area contributed by atoms with Gasteiger partial charge < -0.3 is 15.5 Å². The second-order valence-electron chi connectivity index (χ2n) is 14.0. The van der Waals surface area contributed by atoms with Crippen LogP contribution in [0.5, 0.6) is 5.75 Å². The van der Waals surface area contributed by atoms with Crippen LogP contribution in [0.1, 0.15) is 27.0 Å². The van der Waals surface area contributed by atoms with E-state index in [2.05, 4.69) is 46.2 Å².